The van der Waals surface area contributed by atoms with E-state index in [9.17, 15) is 0 Å². The number of rotatable bonds is 7. The summed E-state index contributed by atoms with van der Waals surface area (Å²) >= 11 is 0. The van der Waals surface area contributed by atoms with Crippen LogP contribution in [0.5, 0.6) is 0 Å². The standard InChI is InChI=1S/C18H36N2/c1-16(2)10-6-4-5-8-12-19-15-18-11-7-9-13-20(18)14-17(19)3/h16-18H,4-15H2,1-3H3. The van der Waals surface area contributed by atoms with Crippen LogP contribution in [0.3, 0.4) is 0 Å². The lowest BCUT2D eigenvalue weighted by atomic mass is 9.97. The lowest BCUT2D eigenvalue weighted by Gasteiger charge is -2.47. The third-order valence-corrected chi connectivity index (χ3v) is 5.29. The third kappa shape index (κ3) is 5.04. The summed E-state index contributed by atoms with van der Waals surface area (Å²) in [5.41, 5.74) is 0. The van der Waals surface area contributed by atoms with Crippen molar-refractivity contribution in [3.8, 4) is 0 Å². The highest BCUT2D eigenvalue weighted by molar-refractivity contribution is 4.88. The molecule has 2 saturated heterocycles. The molecule has 2 nitrogen and oxygen atoms in total. The van der Waals surface area contributed by atoms with Gasteiger partial charge >= 0.3 is 0 Å². The first-order valence-electron chi connectivity index (χ1n) is 9.15. The molecule has 2 fully saturated rings. The van der Waals surface area contributed by atoms with Gasteiger partial charge in [-0.05, 0) is 45.2 Å². The van der Waals surface area contributed by atoms with Gasteiger partial charge in [-0.15, -0.1) is 0 Å². The average molecular weight is 280 g/mol. The number of fused-ring (bicyclic) bond motifs is 1. The molecule has 20 heavy (non-hydrogen) atoms. The van der Waals surface area contributed by atoms with Gasteiger partial charge in [0.2, 0.25) is 0 Å². The van der Waals surface area contributed by atoms with Gasteiger partial charge in [0.25, 0.3) is 0 Å². The highest BCUT2D eigenvalue weighted by Crippen LogP contribution is 2.24. The predicted octanol–water partition coefficient (Wildman–Crippen LogP) is 4.15. The van der Waals surface area contributed by atoms with Crippen molar-refractivity contribution in [3.05, 3.63) is 0 Å². The molecule has 2 aliphatic rings. The summed E-state index contributed by atoms with van der Waals surface area (Å²) in [6.07, 6.45) is 11.5. The summed E-state index contributed by atoms with van der Waals surface area (Å²) in [6.45, 7) is 12.5. The van der Waals surface area contributed by atoms with Gasteiger partial charge < -0.3 is 0 Å². The molecule has 2 rings (SSSR count). The summed E-state index contributed by atoms with van der Waals surface area (Å²) < 4.78 is 0. The van der Waals surface area contributed by atoms with E-state index in [2.05, 4.69) is 30.6 Å². The van der Waals surface area contributed by atoms with Crippen LogP contribution >= 0.6 is 0 Å². The van der Waals surface area contributed by atoms with Crippen LogP contribution in [0.1, 0.15) is 72.1 Å². The first kappa shape index (κ1) is 16.3. The van der Waals surface area contributed by atoms with Gasteiger partial charge in [0, 0.05) is 25.2 Å². The molecule has 0 radical (unpaired) electrons. The van der Waals surface area contributed by atoms with Crippen LogP contribution in [-0.4, -0.2) is 48.1 Å². The van der Waals surface area contributed by atoms with E-state index in [4.69, 9.17) is 0 Å². The van der Waals surface area contributed by atoms with E-state index >= 15 is 0 Å². The topological polar surface area (TPSA) is 6.48 Å². The van der Waals surface area contributed by atoms with Crippen molar-refractivity contribution >= 4 is 0 Å². The predicted molar refractivity (Wildman–Crippen MR) is 88.2 cm³/mol. The Labute approximate surface area is 126 Å². The van der Waals surface area contributed by atoms with E-state index in [1.807, 2.05) is 0 Å². The molecule has 0 bridgehead atoms. The fraction of sp³-hybridized carbons (Fsp3) is 1.00. The molecule has 0 aromatic carbocycles. The fourth-order valence-electron chi connectivity index (χ4n) is 3.95. The smallest absolute Gasteiger partial charge is 0.0223 e. The number of piperazine rings is 1. The molecule has 0 spiro atoms. The summed E-state index contributed by atoms with van der Waals surface area (Å²) in [5.74, 6) is 0.884. The van der Waals surface area contributed by atoms with Gasteiger partial charge in [-0.1, -0.05) is 46.0 Å². The van der Waals surface area contributed by atoms with Crippen LogP contribution in [-0.2, 0) is 0 Å². The number of hydrogen-bond donors (Lipinski definition) is 0. The second-order valence-electron chi connectivity index (χ2n) is 7.59. The normalized spacial score (nSPS) is 28.8. The Balaban J connectivity index is 1.60. The summed E-state index contributed by atoms with van der Waals surface area (Å²) in [7, 11) is 0. The molecule has 2 aliphatic heterocycles. The molecule has 0 aliphatic carbocycles. The van der Waals surface area contributed by atoms with Crippen LogP contribution in [0.25, 0.3) is 0 Å². The zero-order valence-electron chi connectivity index (χ0n) is 14.1. The molecule has 2 unspecified atom stereocenters. The highest BCUT2D eigenvalue weighted by Gasteiger charge is 2.32. The van der Waals surface area contributed by atoms with Gasteiger partial charge in [0.05, 0.1) is 0 Å². The molecule has 0 saturated carbocycles. The molecule has 2 heterocycles. The zero-order valence-corrected chi connectivity index (χ0v) is 14.1. The van der Waals surface area contributed by atoms with Gasteiger partial charge in [-0.25, -0.2) is 0 Å². The maximum absolute atomic E-state index is 2.77. The number of nitrogens with zero attached hydrogens (tertiary/aromatic N) is 2. The van der Waals surface area contributed by atoms with Crippen LogP contribution < -0.4 is 0 Å². The minimum absolute atomic E-state index is 0.778. The summed E-state index contributed by atoms with van der Waals surface area (Å²) in [5, 5.41) is 0. The van der Waals surface area contributed by atoms with Crippen molar-refractivity contribution in [1.29, 1.82) is 0 Å². The molecule has 0 aromatic rings. The highest BCUT2D eigenvalue weighted by atomic mass is 15.3. The molecular weight excluding hydrogens is 244 g/mol. The largest absolute Gasteiger partial charge is 0.298 e. The number of piperidine rings is 1. The molecule has 0 N–H and O–H groups in total. The second-order valence-corrected chi connectivity index (χ2v) is 7.59. The van der Waals surface area contributed by atoms with Crippen LogP contribution in [0.15, 0.2) is 0 Å². The Morgan fingerprint density at radius 1 is 1.00 bits per heavy atom. The first-order valence-corrected chi connectivity index (χ1v) is 9.15. The van der Waals surface area contributed by atoms with Gasteiger partial charge in [-0.3, -0.25) is 9.80 Å². The lowest BCUT2D eigenvalue weighted by Crippen LogP contribution is -2.58. The maximum atomic E-state index is 2.77. The van der Waals surface area contributed by atoms with Crippen molar-refractivity contribution in [2.24, 2.45) is 5.92 Å². The summed E-state index contributed by atoms with van der Waals surface area (Å²) in [4.78, 5) is 5.53. The number of hydrogen-bond acceptors (Lipinski definition) is 2. The van der Waals surface area contributed by atoms with Gasteiger partial charge in [0.15, 0.2) is 0 Å². The molecular formula is C18H36N2. The van der Waals surface area contributed by atoms with E-state index in [0.29, 0.717) is 0 Å². The average Bonchev–Trinajstić information content (AvgIpc) is 2.42. The molecule has 2 heteroatoms. The van der Waals surface area contributed by atoms with Crippen LogP contribution in [0.4, 0.5) is 0 Å². The summed E-state index contributed by atoms with van der Waals surface area (Å²) in [6, 6.07) is 1.65. The molecule has 118 valence electrons. The Kier molecular flexibility index (Phi) is 6.83. The number of unbranched alkanes of at least 4 members (excludes halogenated alkanes) is 3. The monoisotopic (exact) mass is 280 g/mol. The van der Waals surface area contributed by atoms with Crippen LogP contribution in [0.2, 0.25) is 0 Å². The second kappa shape index (κ2) is 8.38. The quantitative estimate of drug-likeness (QED) is 0.646. The van der Waals surface area contributed by atoms with Crippen LogP contribution in [0, 0.1) is 5.92 Å². The van der Waals surface area contributed by atoms with E-state index in [-0.39, 0.29) is 0 Å². The van der Waals surface area contributed by atoms with E-state index in [1.165, 1.54) is 77.5 Å². The van der Waals surface area contributed by atoms with Crippen molar-refractivity contribution < 1.29 is 0 Å². The zero-order chi connectivity index (χ0) is 14.4. The maximum Gasteiger partial charge on any atom is 0.0223 e. The molecule has 2 atom stereocenters. The minimum atomic E-state index is 0.778. The first-order chi connectivity index (χ1) is 9.66. The molecule has 0 amide bonds. The Morgan fingerprint density at radius 2 is 1.80 bits per heavy atom. The fourth-order valence-corrected chi connectivity index (χ4v) is 3.95. The van der Waals surface area contributed by atoms with Crippen molar-refractivity contribution in [3.63, 3.8) is 0 Å². The SMILES string of the molecule is CC(C)CCCCCCN1CC2CCCCN2CC1C. The van der Waals surface area contributed by atoms with E-state index < -0.39 is 0 Å². The Hall–Kier alpha value is -0.0800. The van der Waals surface area contributed by atoms with Gasteiger partial charge in [-0.2, -0.15) is 0 Å². The minimum Gasteiger partial charge on any atom is -0.298 e. The van der Waals surface area contributed by atoms with Gasteiger partial charge in [0.1, 0.15) is 0 Å². The molecule has 0 aromatic heterocycles. The third-order valence-electron chi connectivity index (χ3n) is 5.29. The lowest BCUT2D eigenvalue weighted by molar-refractivity contribution is 0.0146. The van der Waals surface area contributed by atoms with Crippen molar-refractivity contribution in [2.45, 2.75) is 84.2 Å². The van der Waals surface area contributed by atoms with E-state index in [1.54, 1.807) is 0 Å². The van der Waals surface area contributed by atoms with Crippen molar-refractivity contribution in [2.75, 3.05) is 26.2 Å². The Morgan fingerprint density at radius 3 is 2.60 bits per heavy atom. The Bertz CT molecular complexity index is 264. The van der Waals surface area contributed by atoms with E-state index in [0.717, 1.165) is 18.0 Å². The van der Waals surface area contributed by atoms with Crippen molar-refractivity contribution in [1.82, 2.24) is 9.80 Å².